The summed E-state index contributed by atoms with van der Waals surface area (Å²) in [5.74, 6) is 0. The van der Waals surface area contributed by atoms with Crippen LogP contribution >= 0.6 is 11.3 Å². The van der Waals surface area contributed by atoms with E-state index in [9.17, 15) is 0 Å². The van der Waals surface area contributed by atoms with Gasteiger partial charge in [-0.3, -0.25) is 0 Å². The summed E-state index contributed by atoms with van der Waals surface area (Å²) in [7, 11) is 0. The lowest BCUT2D eigenvalue weighted by atomic mass is 9.82. The molecule has 51 heavy (non-hydrogen) atoms. The van der Waals surface area contributed by atoms with E-state index in [4.69, 9.17) is 0 Å². The first-order valence-corrected chi connectivity index (χ1v) is 18.4. The van der Waals surface area contributed by atoms with Gasteiger partial charge in [-0.2, -0.15) is 0 Å². The van der Waals surface area contributed by atoms with E-state index < -0.39 is 0 Å². The van der Waals surface area contributed by atoms with Crippen molar-refractivity contribution in [1.82, 2.24) is 0 Å². The minimum atomic E-state index is -0.0958. The van der Waals surface area contributed by atoms with Gasteiger partial charge in [0.05, 0.1) is 5.69 Å². The van der Waals surface area contributed by atoms with E-state index in [0.29, 0.717) is 0 Å². The van der Waals surface area contributed by atoms with Gasteiger partial charge in [-0.15, -0.1) is 11.3 Å². The van der Waals surface area contributed by atoms with Crippen LogP contribution in [0.1, 0.15) is 57.4 Å². The first-order valence-electron chi connectivity index (χ1n) is 17.6. The highest BCUT2D eigenvalue weighted by molar-refractivity contribution is 7.25. The summed E-state index contributed by atoms with van der Waals surface area (Å²) in [5, 5.41) is 2.65. The zero-order valence-electron chi connectivity index (χ0n) is 28.8. The number of fused-ring (bicyclic) bond motifs is 9. The Hall–Kier alpha value is -5.44. The highest BCUT2D eigenvalue weighted by Gasteiger charge is 2.39. The number of hydrogen-bond acceptors (Lipinski definition) is 2. The van der Waals surface area contributed by atoms with Crippen LogP contribution in [0.3, 0.4) is 0 Å². The molecule has 0 fully saturated rings. The standard InChI is InChI=1S/C48H37NS.CH4/c1-47(2)40-19-9-6-17-37(40)46-41(47)20-12-21-43(46)49(33-24-25-35-34-15-5-8-18-39(34)48(3,4)42(35)29-33)32-14-11-13-30(27-32)31-23-26-45-38(28-31)36-16-7-10-22-44(36)50-45;/h5-29H,1-4H3;1H4. The van der Waals surface area contributed by atoms with E-state index in [1.807, 2.05) is 11.3 Å². The summed E-state index contributed by atoms with van der Waals surface area (Å²) in [4.78, 5) is 2.51. The summed E-state index contributed by atoms with van der Waals surface area (Å²) >= 11 is 1.87. The highest BCUT2D eigenvalue weighted by Crippen LogP contribution is 2.56. The van der Waals surface area contributed by atoms with Crippen molar-refractivity contribution in [1.29, 1.82) is 0 Å². The molecule has 10 rings (SSSR count). The van der Waals surface area contributed by atoms with Crippen LogP contribution in [-0.4, -0.2) is 0 Å². The van der Waals surface area contributed by atoms with E-state index in [2.05, 4.69) is 184 Å². The molecule has 0 spiro atoms. The van der Waals surface area contributed by atoms with Crippen molar-refractivity contribution >= 4 is 48.6 Å². The second-order valence-corrected chi connectivity index (χ2v) is 16.0. The number of anilines is 3. The molecule has 0 amide bonds. The van der Waals surface area contributed by atoms with Crippen LogP contribution in [0.25, 0.3) is 53.6 Å². The van der Waals surface area contributed by atoms with Crippen molar-refractivity contribution in [2.75, 3.05) is 4.90 Å². The van der Waals surface area contributed by atoms with Crippen molar-refractivity contribution in [3.63, 3.8) is 0 Å². The van der Waals surface area contributed by atoms with Crippen LogP contribution in [0.5, 0.6) is 0 Å². The molecule has 2 heteroatoms. The molecule has 0 atom stereocenters. The van der Waals surface area contributed by atoms with E-state index in [1.54, 1.807) is 0 Å². The SMILES string of the molecule is C.CC1(C)c2ccccc2-c2ccc(N(c3cccc(-c4ccc5sc6ccccc6c5c4)c3)c3cccc4c3-c3ccccc3C4(C)C)cc21. The molecule has 1 nitrogen and oxygen atoms in total. The van der Waals surface area contributed by atoms with E-state index in [0.717, 1.165) is 5.69 Å². The molecule has 0 aliphatic heterocycles. The van der Waals surface area contributed by atoms with Crippen molar-refractivity contribution in [2.45, 2.75) is 46.0 Å². The van der Waals surface area contributed by atoms with Gasteiger partial charge >= 0.3 is 0 Å². The van der Waals surface area contributed by atoms with Crippen LogP contribution in [0.15, 0.2) is 152 Å². The smallest absolute Gasteiger partial charge is 0.0543 e. The molecule has 0 saturated carbocycles. The second-order valence-electron chi connectivity index (χ2n) is 15.0. The second kappa shape index (κ2) is 11.3. The Bertz CT molecular complexity index is 2670. The lowest BCUT2D eigenvalue weighted by Gasteiger charge is -2.30. The maximum absolute atomic E-state index is 2.51. The molecule has 7 aromatic carbocycles. The Kier molecular flexibility index (Phi) is 6.98. The van der Waals surface area contributed by atoms with Gasteiger partial charge in [0, 0.05) is 47.9 Å². The molecule has 0 saturated heterocycles. The van der Waals surface area contributed by atoms with Crippen molar-refractivity contribution in [3.05, 3.63) is 174 Å². The van der Waals surface area contributed by atoms with Crippen LogP contribution in [0.2, 0.25) is 0 Å². The fourth-order valence-electron chi connectivity index (χ4n) is 8.91. The van der Waals surface area contributed by atoms with Gasteiger partial charge in [-0.1, -0.05) is 138 Å². The molecule has 8 aromatic rings. The van der Waals surface area contributed by atoms with E-state index in [-0.39, 0.29) is 18.3 Å². The molecule has 248 valence electrons. The van der Waals surface area contributed by atoms with E-state index in [1.165, 1.54) is 87.2 Å². The molecule has 2 aliphatic carbocycles. The molecule has 1 heterocycles. The van der Waals surface area contributed by atoms with Crippen LogP contribution in [0.4, 0.5) is 17.1 Å². The van der Waals surface area contributed by atoms with Crippen molar-refractivity contribution < 1.29 is 0 Å². The summed E-state index contributed by atoms with van der Waals surface area (Å²) in [6.07, 6.45) is 0. The number of rotatable bonds is 4. The first kappa shape index (κ1) is 31.5. The molecule has 0 radical (unpaired) electrons. The zero-order valence-corrected chi connectivity index (χ0v) is 29.6. The topological polar surface area (TPSA) is 3.24 Å². The summed E-state index contributed by atoms with van der Waals surface area (Å²) in [6.45, 7) is 9.48. The van der Waals surface area contributed by atoms with Crippen molar-refractivity contribution in [3.8, 4) is 33.4 Å². The van der Waals surface area contributed by atoms with Crippen molar-refractivity contribution in [2.24, 2.45) is 0 Å². The third-order valence-electron chi connectivity index (χ3n) is 11.5. The quantitative estimate of drug-likeness (QED) is 0.179. The minimum Gasteiger partial charge on any atom is -0.310 e. The van der Waals surface area contributed by atoms with Gasteiger partial charge in [-0.05, 0) is 98.6 Å². The zero-order chi connectivity index (χ0) is 33.8. The maximum Gasteiger partial charge on any atom is 0.0543 e. The largest absolute Gasteiger partial charge is 0.310 e. The van der Waals surface area contributed by atoms with E-state index >= 15 is 0 Å². The van der Waals surface area contributed by atoms with Crippen LogP contribution in [0, 0.1) is 0 Å². The maximum atomic E-state index is 2.51. The fourth-order valence-corrected chi connectivity index (χ4v) is 10.00. The van der Waals surface area contributed by atoms with Gasteiger partial charge < -0.3 is 4.90 Å². The fraction of sp³-hybridized carbons (Fsp3) is 0.143. The van der Waals surface area contributed by atoms with Crippen LogP contribution in [-0.2, 0) is 10.8 Å². The predicted molar refractivity (Wildman–Crippen MR) is 221 cm³/mol. The monoisotopic (exact) mass is 675 g/mol. The average Bonchev–Trinajstić information content (AvgIpc) is 3.72. The average molecular weight is 676 g/mol. The lowest BCUT2D eigenvalue weighted by Crippen LogP contribution is -2.17. The molecule has 1 aromatic heterocycles. The minimum absolute atomic E-state index is 0. The number of hydrogen-bond donors (Lipinski definition) is 0. The Morgan fingerprint density at radius 2 is 1.04 bits per heavy atom. The summed E-state index contributed by atoms with van der Waals surface area (Å²) < 4.78 is 2.66. The first-order chi connectivity index (χ1) is 24.3. The molecule has 2 aliphatic rings. The Morgan fingerprint density at radius 3 is 1.88 bits per heavy atom. The lowest BCUT2D eigenvalue weighted by molar-refractivity contribution is 0.660. The number of benzene rings is 7. The third kappa shape index (κ3) is 4.52. The van der Waals surface area contributed by atoms with Gasteiger partial charge in [-0.25, -0.2) is 0 Å². The molecule has 0 bridgehead atoms. The highest BCUT2D eigenvalue weighted by atomic mass is 32.1. The normalized spacial score (nSPS) is 14.4. The third-order valence-corrected chi connectivity index (χ3v) is 12.6. The van der Waals surface area contributed by atoms with Gasteiger partial charge in [0.25, 0.3) is 0 Å². The number of thiophene rings is 1. The molecule has 0 N–H and O–H groups in total. The summed E-state index contributed by atoms with van der Waals surface area (Å²) in [6, 6.07) is 56.8. The Labute approximate surface area is 305 Å². The Morgan fingerprint density at radius 1 is 0.431 bits per heavy atom. The van der Waals surface area contributed by atoms with Gasteiger partial charge in [0.15, 0.2) is 0 Å². The summed E-state index contributed by atoms with van der Waals surface area (Å²) in [5.41, 5.74) is 16.7. The van der Waals surface area contributed by atoms with Gasteiger partial charge in [0.2, 0.25) is 0 Å². The predicted octanol–water partition coefficient (Wildman–Crippen LogP) is 14.4. The molecular formula is C49H41NS. The molecule has 0 unspecified atom stereocenters. The van der Waals surface area contributed by atoms with Crippen LogP contribution < -0.4 is 4.90 Å². The molecular weight excluding hydrogens is 635 g/mol. The van der Waals surface area contributed by atoms with Gasteiger partial charge in [0.1, 0.15) is 0 Å². The number of nitrogens with zero attached hydrogens (tertiary/aromatic N) is 1. The Balaban J connectivity index is 0.00000348.